The van der Waals surface area contributed by atoms with Gasteiger partial charge in [-0.15, -0.1) is 0 Å². The summed E-state index contributed by atoms with van der Waals surface area (Å²) in [5.41, 5.74) is 8.07. The normalized spacial score (nSPS) is 14.7. The molecule has 0 unspecified atom stereocenters. The predicted octanol–water partition coefficient (Wildman–Crippen LogP) is 2.32. The molecule has 0 saturated carbocycles. The van der Waals surface area contributed by atoms with Crippen molar-refractivity contribution < 1.29 is 20.8 Å². The summed E-state index contributed by atoms with van der Waals surface area (Å²) in [6, 6.07) is 3.01. The van der Waals surface area contributed by atoms with Crippen LogP contribution in [0.3, 0.4) is 0 Å². The molecule has 0 spiro atoms. The van der Waals surface area contributed by atoms with Gasteiger partial charge < -0.3 is 21.3 Å². The summed E-state index contributed by atoms with van der Waals surface area (Å²) in [5.74, 6) is -1.09. The maximum atomic E-state index is 14.1. The van der Waals surface area contributed by atoms with E-state index in [-0.39, 0.29) is 12.5 Å². The highest BCUT2D eigenvalue weighted by atomic mass is 19.1. The average molecular weight is 406 g/mol. The standard InChI is InChI=1S/C19H23FN6O2.H2O.H2/c1-3-25-16-10-22-19(24-18(16)26(25)12-4-6-28-7-5-12)23-15-9-14(20)13(17(21)27)8-11(15)2;;/h8-10,12H,3-7H2,1-2H3,(H2,21,27)(H,22,23,24);1H2;1H. The van der Waals surface area contributed by atoms with Crippen molar-refractivity contribution in [2.45, 2.75) is 39.3 Å². The zero-order chi connectivity index (χ0) is 19.8. The van der Waals surface area contributed by atoms with E-state index in [2.05, 4.69) is 31.6 Å². The van der Waals surface area contributed by atoms with E-state index in [4.69, 9.17) is 10.5 Å². The molecule has 5 N–H and O–H groups in total. The van der Waals surface area contributed by atoms with Crippen molar-refractivity contribution in [3.05, 3.63) is 35.3 Å². The van der Waals surface area contributed by atoms with Crippen molar-refractivity contribution >= 4 is 28.7 Å². The van der Waals surface area contributed by atoms with Crippen LogP contribution in [-0.4, -0.2) is 43.9 Å². The monoisotopic (exact) mass is 406 g/mol. The van der Waals surface area contributed by atoms with Crippen LogP contribution >= 0.6 is 0 Å². The summed E-state index contributed by atoms with van der Waals surface area (Å²) in [7, 11) is 0. The molecule has 4 rings (SSSR count). The highest BCUT2D eigenvalue weighted by molar-refractivity contribution is 5.94. The number of nitrogens with two attached hydrogens (primary N) is 1. The third-order valence-corrected chi connectivity index (χ3v) is 5.17. The highest BCUT2D eigenvalue weighted by Gasteiger charge is 2.24. The lowest BCUT2D eigenvalue weighted by atomic mass is 10.1. The van der Waals surface area contributed by atoms with Crippen LogP contribution in [-0.2, 0) is 11.3 Å². The van der Waals surface area contributed by atoms with Gasteiger partial charge >= 0.3 is 0 Å². The predicted molar refractivity (Wildman–Crippen MR) is 109 cm³/mol. The first-order valence-electron chi connectivity index (χ1n) is 9.38. The number of carbonyl (C=O) groups is 1. The van der Waals surface area contributed by atoms with E-state index in [0.29, 0.717) is 23.2 Å². The van der Waals surface area contributed by atoms with Crippen molar-refractivity contribution in [3.63, 3.8) is 0 Å². The topological polar surface area (TPSA) is 131 Å². The van der Waals surface area contributed by atoms with Crippen molar-refractivity contribution in [1.82, 2.24) is 19.3 Å². The largest absolute Gasteiger partial charge is 0.412 e. The second-order valence-corrected chi connectivity index (χ2v) is 6.94. The molecule has 0 atom stereocenters. The summed E-state index contributed by atoms with van der Waals surface area (Å²) in [5, 5.41) is 3.05. The molecule has 1 saturated heterocycles. The zero-order valence-corrected chi connectivity index (χ0v) is 16.4. The molecule has 3 heterocycles. The number of primary amides is 1. The summed E-state index contributed by atoms with van der Waals surface area (Å²) in [6.07, 6.45) is 3.66. The Labute approximate surface area is 168 Å². The van der Waals surface area contributed by atoms with E-state index in [9.17, 15) is 9.18 Å². The Morgan fingerprint density at radius 1 is 1.41 bits per heavy atom. The highest BCUT2D eigenvalue weighted by Crippen LogP contribution is 2.30. The number of hydrogen-bond donors (Lipinski definition) is 2. The molecule has 0 radical (unpaired) electrons. The minimum Gasteiger partial charge on any atom is -0.412 e. The lowest BCUT2D eigenvalue weighted by Crippen LogP contribution is -2.31. The Bertz CT molecular complexity index is 1040. The molecule has 158 valence electrons. The SMILES string of the molecule is CCn1c2cnc(Nc3cc(F)c(C(N)=O)cc3C)nc2n1C1CCOCC1.O.[HH]. The van der Waals surface area contributed by atoms with Gasteiger partial charge in [-0.2, -0.15) is 4.98 Å². The Morgan fingerprint density at radius 3 is 2.79 bits per heavy atom. The number of amides is 1. The van der Waals surface area contributed by atoms with E-state index in [0.717, 1.165) is 43.8 Å². The maximum Gasteiger partial charge on any atom is 0.251 e. The van der Waals surface area contributed by atoms with Crippen LogP contribution in [0.2, 0.25) is 0 Å². The molecule has 9 nitrogen and oxygen atoms in total. The number of aromatic nitrogens is 4. The molecule has 1 fully saturated rings. The van der Waals surface area contributed by atoms with Crippen molar-refractivity contribution in [2.75, 3.05) is 18.5 Å². The number of nitrogens with one attached hydrogen (secondary N) is 1. The number of ether oxygens (including phenoxy) is 1. The lowest BCUT2D eigenvalue weighted by molar-refractivity contribution is 0.0623. The molecule has 1 aliphatic rings. The van der Waals surface area contributed by atoms with Crippen LogP contribution in [0.4, 0.5) is 16.0 Å². The number of hydrogen-bond acceptors (Lipinski definition) is 5. The summed E-state index contributed by atoms with van der Waals surface area (Å²) in [4.78, 5) is 20.3. The van der Waals surface area contributed by atoms with E-state index in [1.807, 2.05) is 0 Å². The van der Waals surface area contributed by atoms with Gasteiger partial charge in [0.05, 0.1) is 17.8 Å². The van der Waals surface area contributed by atoms with Gasteiger partial charge in [0, 0.05) is 26.9 Å². The molecule has 1 amide bonds. The number of fused-ring (bicyclic) bond motifs is 1. The fraction of sp³-hybridized carbons (Fsp3) is 0.421. The molecule has 1 aliphatic heterocycles. The molecular formula is C19H27FN6O3. The Hall–Kier alpha value is -2.98. The van der Waals surface area contributed by atoms with E-state index in [1.54, 1.807) is 13.1 Å². The van der Waals surface area contributed by atoms with Crippen molar-refractivity contribution in [1.29, 1.82) is 0 Å². The van der Waals surface area contributed by atoms with Gasteiger partial charge in [-0.3, -0.25) is 14.2 Å². The van der Waals surface area contributed by atoms with Gasteiger partial charge in [0.2, 0.25) is 5.95 Å². The summed E-state index contributed by atoms with van der Waals surface area (Å²) < 4.78 is 24.0. The quantitative estimate of drug-likeness (QED) is 0.671. The summed E-state index contributed by atoms with van der Waals surface area (Å²) in [6.45, 7) is 6.18. The van der Waals surface area contributed by atoms with E-state index in [1.165, 1.54) is 12.1 Å². The number of rotatable bonds is 5. The number of anilines is 2. The van der Waals surface area contributed by atoms with Crippen LogP contribution in [0.25, 0.3) is 11.2 Å². The van der Waals surface area contributed by atoms with Gasteiger partial charge in [0.25, 0.3) is 5.91 Å². The van der Waals surface area contributed by atoms with Gasteiger partial charge in [-0.1, -0.05) is 0 Å². The average Bonchev–Trinajstić information content (AvgIpc) is 2.67. The van der Waals surface area contributed by atoms with Crippen molar-refractivity contribution in [3.8, 4) is 0 Å². The van der Waals surface area contributed by atoms with Crippen LogP contribution < -0.4 is 11.1 Å². The van der Waals surface area contributed by atoms with Gasteiger partial charge in [-0.25, -0.2) is 9.37 Å². The smallest absolute Gasteiger partial charge is 0.251 e. The first-order valence-corrected chi connectivity index (χ1v) is 9.38. The van der Waals surface area contributed by atoms with Gasteiger partial charge in [0.1, 0.15) is 11.3 Å². The number of halogens is 1. The number of nitrogens with zero attached hydrogens (tertiary/aromatic N) is 4. The fourth-order valence-electron chi connectivity index (χ4n) is 3.71. The minimum absolute atomic E-state index is 0. The first-order chi connectivity index (χ1) is 13.5. The van der Waals surface area contributed by atoms with E-state index < -0.39 is 11.7 Å². The minimum atomic E-state index is -0.795. The molecule has 0 bridgehead atoms. The molecule has 29 heavy (non-hydrogen) atoms. The third kappa shape index (κ3) is 3.68. The number of aryl methyl sites for hydroxylation is 2. The van der Waals surface area contributed by atoms with Gasteiger partial charge in [-0.05, 0) is 44.4 Å². The van der Waals surface area contributed by atoms with Crippen LogP contribution in [0.1, 0.15) is 43.2 Å². The first kappa shape index (κ1) is 20.7. The van der Waals surface area contributed by atoms with Crippen LogP contribution in [0, 0.1) is 12.7 Å². The van der Waals surface area contributed by atoms with Crippen molar-refractivity contribution in [2.24, 2.45) is 5.73 Å². The molecule has 0 aliphatic carbocycles. The van der Waals surface area contributed by atoms with Gasteiger partial charge in [0.15, 0.2) is 5.65 Å². The van der Waals surface area contributed by atoms with E-state index >= 15 is 0 Å². The molecule has 1 aromatic carbocycles. The molecule has 2 aromatic heterocycles. The molecular weight excluding hydrogens is 379 g/mol. The van der Waals surface area contributed by atoms with Crippen LogP contribution in [0.15, 0.2) is 18.3 Å². The maximum absolute atomic E-state index is 14.1. The second kappa shape index (κ2) is 8.18. The Kier molecular flexibility index (Phi) is 5.85. The fourth-order valence-corrected chi connectivity index (χ4v) is 3.71. The van der Waals surface area contributed by atoms with Crippen LogP contribution in [0.5, 0.6) is 0 Å². The third-order valence-electron chi connectivity index (χ3n) is 5.17. The lowest BCUT2D eigenvalue weighted by Gasteiger charge is -2.33. The molecule has 10 heteroatoms. The number of carbonyl (C=O) groups excluding carboxylic acids is 1. The second-order valence-electron chi connectivity index (χ2n) is 6.94. The Morgan fingerprint density at radius 2 is 2.14 bits per heavy atom. The molecule has 3 aromatic rings. The summed E-state index contributed by atoms with van der Waals surface area (Å²) >= 11 is 0. The Balaban J connectivity index is 0.00000160. The number of benzene rings is 1. The zero-order valence-electron chi connectivity index (χ0n) is 16.4.